The van der Waals surface area contributed by atoms with Gasteiger partial charge in [0, 0.05) is 22.6 Å². The third-order valence-electron chi connectivity index (χ3n) is 4.48. The van der Waals surface area contributed by atoms with Crippen LogP contribution in [0.25, 0.3) is 16.9 Å². The number of hydrogen-bond donors (Lipinski definition) is 2. The van der Waals surface area contributed by atoms with Crippen LogP contribution in [0.5, 0.6) is 0 Å². The highest BCUT2D eigenvalue weighted by Crippen LogP contribution is 2.33. The Morgan fingerprint density at radius 2 is 1.72 bits per heavy atom. The summed E-state index contributed by atoms with van der Waals surface area (Å²) in [6, 6.07) is 14.2. The van der Waals surface area contributed by atoms with Crippen LogP contribution in [-0.2, 0) is 6.18 Å². The van der Waals surface area contributed by atoms with Gasteiger partial charge in [0.15, 0.2) is 5.69 Å². The zero-order valence-electron chi connectivity index (χ0n) is 18.2. The van der Waals surface area contributed by atoms with Crippen LogP contribution in [0.3, 0.4) is 0 Å². The minimum atomic E-state index is -4.58. The SMILES string of the molecule is CC.CCCCNC(=O)c1ccc(-c2cc(C(F)(F)F)nn2-c2ccc(SN)cc2)cc1. The quantitative estimate of drug-likeness (QED) is 0.328. The molecule has 2 aromatic carbocycles. The van der Waals surface area contributed by atoms with E-state index in [1.165, 1.54) is 4.68 Å². The Bertz CT molecular complexity index is 1000. The molecule has 0 saturated carbocycles. The van der Waals surface area contributed by atoms with Crippen LogP contribution in [0.1, 0.15) is 49.7 Å². The van der Waals surface area contributed by atoms with Crippen molar-refractivity contribution < 1.29 is 18.0 Å². The predicted octanol–water partition coefficient (Wildman–Crippen LogP) is 6.08. The lowest BCUT2D eigenvalue weighted by Crippen LogP contribution is -2.24. The lowest BCUT2D eigenvalue weighted by Gasteiger charge is -2.09. The van der Waals surface area contributed by atoms with E-state index in [0.717, 1.165) is 35.8 Å². The third-order valence-corrected chi connectivity index (χ3v) is 5.02. The number of amides is 1. The summed E-state index contributed by atoms with van der Waals surface area (Å²) in [5.74, 6) is -0.214. The molecule has 0 unspecified atom stereocenters. The second kappa shape index (κ2) is 11.7. The fraction of sp³-hybridized carbons (Fsp3) is 0.304. The summed E-state index contributed by atoms with van der Waals surface area (Å²) in [5.41, 5.74) is 0.714. The number of nitrogens with two attached hydrogens (primary N) is 1. The maximum absolute atomic E-state index is 13.3. The second-order valence-corrected chi connectivity index (χ2v) is 7.33. The van der Waals surface area contributed by atoms with E-state index in [0.29, 0.717) is 23.4 Å². The Morgan fingerprint density at radius 3 is 2.25 bits per heavy atom. The second-order valence-electron chi connectivity index (χ2n) is 6.62. The molecule has 172 valence electrons. The normalized spacial score (nSPS) is 11.0. The van der Waals surface area contributed by atoms with Crippen molar-refractivity contribution in [3.8, 4) is 16.9 Å². The van der Waals surface area contributed by atoms with Crippen LogP contribution in [-0.4, -0.2) is 22.2 Å². The zero-order valence-corrected chi connectivity index (χ0v) is 19.1. The number of unbranched alkanes of at least 4 members (excludes halogenated alkanes) is 1. The summed E-state index contributed by atoms with van der Waals surface area (Å²) >= 11 is 1.05. The molecule has 1 aromatic heterocycles. The lowest BCUT2D eigenvalue weighted by atomic mass is 10.1. The molecule has 0 fully saturated rings. The minimum Gasteiger partial charge on any atom is -0.352 e. The molecule has 0 aliphatic heterocycles. The van der Waals surface area contributed by atoms with Crippen molar-refractivity contribution in [1.82, 2.24) is 15.1 Å². The van der Waals surface area contributed by atoms with Crippen molar-refractivity contribution in [2.24, 2.45) is 5.14 Å². The first-order valence-electron chi connectivity index (χ1n) is 10.4. The molecule has 0 spiro atoms. The van der Waals surface area contributed by atoms with E-state index >= 15 is 0 Å². The number of halogens is 3. The smallest absolute Gasteiger partial charge is 0.352 e. The van der Waals surface area contributed by atoms with Crippen LogP contribution in [0.2, 0.25) is 0 Å². The van der Waals surface area contributed by atoms with Gasteiger partial charge in [-0.05, 0) is 60.8 Å². The van der Waals surface area contributed by atoms with Gasteiger partial charge >= 0.3 is 6.18 Å². The molecule has 0 saturated heterocycles. The monoisotopic (exact) mass is 464 g/mol. The lowest BCUT2D eigenvalue weighted by molar-refractivity contribution is -0.141. The average molecular weight is 465 g/mol. The Morgan fingerprint density at radius 1 is 1.09 bits per heavy atom. The van der Waals surface area contributed by atoms with Gasteiger partial charge in [-0.1, -0.05) is 39.3 Å². The largest absolute Gasteiger partial charge is 0.435 e. The zero-order chi connectivity index (χ0) is 23.7. The Balaban J connectivity index is 0.00000176. The van der Waals surface area contributed by atoms with Gasteiger partial charge in [0.05, 0.1) is 11.4 Å². The number of rotatable bonds is 7. The first-order chi connectivity index (χ1) is 15.3. The number of alkyl halides is 3. The van der Waals surface area contributed by atoms with Gasteiger partial charge in [0.25, 0.3) is 5.91 Å². The van der Waals surface area contributed by atoms with E-state index in [1.54, 1.807) is 48.5 Å². The van der Waals surface area contributed by atoms with Gasteiger partial charge in [0.1, 0.15) is 0 Å². The van der Waals surface area contributed by atoms with Crippen LogP contribution < -0.4 is 10.5 Å². The standard InChI is InChI=1S/C21H21F3N4OS.C2H6/c1-2-3-12-26-20(29)15-6-4-14(5-7-15)18-13-19(21(22,23)24)27-28(18)16-8-10-17(30-25)11-9-16;1-2/h4-11,13H,2-3,12,25H2,1H3,(H,26,29);1-2H3. The van der Waals surface area contributed by atoms with Gasteiger partial charge in [0.2, 0.25) is 0 Å². The molecule has 0 atom stereocenters. The molecule has 32 heavy (non-hydrogen) atoms. The first-order valence-corrected chi connectivity index (χ1v) is 11.2. The van der Waals surface area contributed by atoms with Crippen molar-refractivity contribution >= 4 is 17.9 Å². The molecule has 0 bridgehead atoms. The number of benzene rings is 2. The molecule has 5 nitrogen and oxygen atoms in total. The number of aromatic nitrogens is 2. The molecule has 0 radical (unpaired) electrons. The van der Waals surface area contributed by atoms with E-state index in [4.69, 9.17) is 5.14 Å². The van der Waals surface area contributed by atoms with Gasteiger partial charge in [-0.2, -0.15) is 18.3 Å². The van der Waals surface area contributed by atoms with Crippen LogP contribution >= 0.6 is 11.9 Å². The summed E-state index contributed by atoms with van der Waals surface area (Å²) in [7, 11) is 0. The molecule has 0 aliphatic rings. The highest BCUT2D eigenvalue weighted by molar-refractivity contribution is 7.97. The molecule has 0 aliphatic carbocycles. The van der Waals surface area contributed by atoms with Gasteiger partial charge in [-0.15, -0.1) is 0 Å². The molecular formula is C23H27F3N4OS. The highest BCUT2D eigenvalue weighted by Gasteiger charge is 2.35. The third kappa shape index (κ3) is 6.37. The molecule has 9 heteroatoms. The number of nitrogens with zero attached hydrogens (tertiary/aromatic N) is 2. The van der Waals surface area contributed by atoms with E-state index < -0.39 is 11.9 Å². The van der Waals surface area contributed by atoms with E-state index in [9.17, 15) is 18.0 Å². The number of nitrogens with one attached hydrogen (secondary N) is 1. The maximum Gasteiger partial charge on any atom is 0.435 e. The molecule has 1 amide bonds. The van der Waals surface area contributed by atoms with E-state index in [1.807, 2.05) is 20.8 Å². The highest BCUT2D eigenvalue weighted by atomic mass is 32.2. The molecular weight excluding hydrogens is 437 g/mol. The van der Waals surface area contributed by atoms with Crippen molar-refractivity contribution in [2.45, 2.75) is 44.7 Å². The van der Waals surface area contributed by atoms with Crippen LogP contribution in [0.15, 0.2) is 59.5 Å². The maximum atomic E-state index is 13.3. The van der Waals surface area contributed by atoms with Gasteiger partial charge in [-0.3, -0.25) is 9.93 Å². The summed E-state index contributed by atoms with van der Waals surface area (Å²) in [6.07, 6.45) is -2.73. The van der Waals surface area contributed by atoms with Crippen molar-refractivity contribution in [1.29, 1.82) is 0 Å². The van der Waals surface area contributed by atoms with E-state index in [-0.39, 0.29) is 11.6 Å². The van der Waals surface area contributed by atoms with Crippen molar-refractivity contribution in [2.75, 3.05) is 6.54 Å². The number of hydrogen-bond acceptors (Lipinski definition) is 4. The van der Waals surface area contributed by atoms with Gasteiger partial charge < -0.3 is 5.32 Å². The Labute approximate surface area is 190 Å². The summed E-state index contributed by atoms with van der Waals surface area (Å²) in [4.78, 5) is 12.9. The van der Waals surface area contributed by atoms with Crippen molar-refractivity contribution in [3.63, 3.8) is 0 Å². The Hall–Kier alpha value is -2.78. The molecule has 1 heterocycles. The average Bonchev–Trinajstić information content (AvgIpc) is 3.27. The van der Waals surface area contributed by atoms with E-state index in [2.05, 4.69) is 10.4 Å². The van der Waals surface area contributed by atoms with Crippen molar-refractivity contribution in [3.05, 3.63) is 65.9 Å². The van der Waals surface area contributed by atoms with Gasteiger partial charge in [-0.25, -0.2) is 4.68 Å². The fourth-order valence-corrected chi connectivity index (χ4v) is 3.15. The first kappa shape index (κ1) is 25.5. The number of carbonyl (C=O) groups excluding carboxylic acids is 1. The fourth-order valence-electron chi connectivity index (χ4n) is 2.86. The summed E-state index contributed by atoms with van der Waals surface area (Å²) in [6.45, 7) is 6.61. The molecule has 3 rings (SSSR count). The molecule has 3 aromatic rings. The summed E-state index contributed by atoms with van der Waals surface area (Å²) < 4.78 is 41.1. The number of carbonyl (C=O) groups is 1. The molecule has 3 N–H and O–H groups in total. The van der Waals surface area contributed by atoms with Crippen LogP contribution in [0.4, 0.5) is 13.2 Å². The van der Waals surface area contributed by atoms with Crippen LogP contribution in [0, 0.1) is 0 Å². The predicted molar refractivity (Wildman–Crippen MR) is 123 cm³/mol. The topological polar surface area (TPSA) is 72.9 Å². The minimum absolute atomic E-state index is 0.214. The Kier molecular flexibility index (Phi) is 9.34. The summed E-state index contributed by atoms with van der Waals surface area (Å²) in [5, 5.41) is 12.1.